The van der Waals surface area contributed by atoms with Gasteiger partial charge < -0.3 is 20.1 Å². The van der Waals surface area contributed by atoms with Gasteiger partial charge in [-0.2, -0.15) is 0 Å². The molecule has 0 radical (unpaired) electrons. The molecule has 128 valence electrons. The van der Waals surface area contributed by atoms with Crippen LogP contribution in [0.3, 0.4) is 0 Å². The second kappa shape index (κ2) is 8.76. The summed E-state index contributed by atoms with van der Waals surface area (Å²) in [6, 6.07) is 12.9. The monoisotopic (exact) mass is 332 g/mol. The van der Waals surface area contributed by atoms with E-state index in [0.717, 1.165) is 5.75 Å². The molecular weight excluding hydrogens is 311 g/mol. The van der Waals surface area contributed by atoms with Crippen LogP contribution in [0.25, 0.3) is 0 Å². The number of benzene rings is 2. The van der Waals surface area contributed by atoms with Gasteiger partial charge in [-0.3, -0.25) is 0 Å². The number of ether oxygens (including phenoxy) is 2. The van der Waals surface area contributed by atoms with Crippen LogP contribution in [0.5, 0.6) is 11.5 Å². The van der Waals surface area contributed by atoms with Gasteiger partial charge in [0.2, 0.25) is 0 Å². The summed E-state index contributed by atoms with van der Waals surface area (Å²) in [5.41, 5.74) is 0.652. The predicted molar refractivity (Wildman–Crippen MR) is 91.1 cm³/mol. The maximum absolute atomic E-state index is 13.3. The summed E-state index contributed by atoms with van der Waals surface area (Å²) < 4.78 is 24.1. The molecule has 0 unspecified atom stereocenters. The summed E-state index contributed by atoms with van der Waals surface area (Å²) in [4.78, 5) is 11.8. The number of anilines is 1. The van der Waals surface area contributed by atoms with E-state index in [2.05, 4.69) is 10.6 Å². The van der Waals surface area contributed by atoms with Crippen molar-refractivity contribution in [3.8, 4) is 11.5 Å². The molecule has 0 bridgehead atoms. The minimum atomic E-state index is -0.425. The average molecular weight is 332 g/mol. The molecule has 0 spiro atoms. The summed E-state index contributed by atoms with van der Waals surface area (Å²) >= 11 is 0. The number of para-hydroxylation sites is 1. The molecular formula is C18H21FN2O3. The Bertz CT molecular complexity index is 660. The standard InChI is InChI=1S/C18H21FN2O3/c1-13(2)24-15-9-7-14(8-10-15)21-18(22)20-11-12-23-17-6-4-3-5-16(17)19/h3-10,13H,11-12H2,1-2H3,(H2,20,21,22). The van der Waals surface area contributed by atoms with Crippen molar-refractivity contribution in [1.82, 2.24) is 5.32 Å². The van der Waals surface area contributed by atoms with E-state index in [1.807, 2.05) is 13.8 Å². The van der Waals surface area contributed by atoms with E-state index in [4.69, 9.17) is 9.47 Å². The lowest BCUT2D eigenvalue weighted by atomic mass is 10.3. The van der Waals surface area contributed by atoms with Crippen LogP contribution in [-0.2, 0) is 0 Å². The Morgan fingerprint density at radius 2 is 1.83 bits per heavy atom. The van der Waals surface area contributed by atoms with Crippen LogP contribution in [0.15, 0.2) is 48.5 Å². The number of halogens is 1. The molecule has 2 aromatic rings. The minimum Gasteiger partial charge on any atom is -0.491 e. The molecule has 2 amide bonds. The van der Waals surface area contributed by atoms with E-state index in [0.29, 0.717) is 5.69 Å². The van der Waals surface area contributed by atoms with Crippen molar-refractivity contribution >= 4 is 11.7 Å². The first kappa shape index (κ1) is 17.6. The van der Waals surface area contributed by atoms with E-state index in [9.17, 15) is 9.18 Å². The molecule has 0 saturated carbocycles. The van der Waals surface area contributed by atoms with Crippen molar-refractivity contribution in [2.75, 3.05) is 18.5 Å². The first-order valence-electron chi connectivity index (χ1n) is 7.73. The predicted octanol–water partition coefficient (Wildman–Crippen LogP) is 3.81. The Labute approximate surface area is 140 Å². The lowest BCUT2D eigenvalue weighted by Gasteiger charge is -2.11. The molecule has 0 aliphatic carbocycles. The van der Waals surface area contributed by atoms with E-state index in [1.54, 1.807) is 36.4 Å². The molecule has 6 heteroatoms. The molecule has 0 saturated heterocycles. The third-order valence-corrected chi connectivity index (χ3v) is 2.97. The van der Waals surface area contributed by atoms with Gasteiger partial charge in [0.25, 0.3) is 0 Å². The van der Waals surface area contributed by atoms with E-state index in [-0.39, 0.29) is 31.0 Å². The lowest BCUT2D eigenvalue weighted by Crippen LogP contribution is -2.32. The van der Waals surface area contributed by atoms with Crippen LogP contribution in [0.1, 0.15) is 13.8 Å². The fourth-order valence-corrected chi connectivity index (χ4v) is 1.95. The van der Waals surface area contributed by atoms with Crippen LogP contribution in [0.2, 0.25) is 0 Å². The highest BCUT2D eigenvalue weighted by Crippen LogP contribution is 2.17. The van der Waals surface area contributed by atoms with Crippen molar-refractivity contribution in [3.05, 3.63) is 54.3 Å². The van der Waals surface area contributed by atoms with Crippen LogP contribution >= 0.6 is 0 Å². The summed E-state index contributed by atoms with van der Waals surface area (Å²) in [5, 5.41) is 5.34. The topological polar surface area (TPSA) is 59.6 Å². The molecule has 0 aromatic heterocycles. The molecule has 24 heavy (non-hydrogen) atoms. The SMILES string of the molecule is CC(C)Oc1ccc(NC(=O)NCCOc2ccccc2F)cc1. The maximum atomic E-state index is 13.3. The number of nitrogens with one attached hydrogen (secondary N) is 2. The number of amides is 2. The fraction of sp³-hybridized carbons (Fsp3) is 0.278. The Morgan fingerprint density at radius 1 is 1.12 bits per heavy atom. The van der Waals surface area contributed by atoms with E-state index >= 15 is 0 Å². The van der Waals surface area contributed by atoms with Gasteiger partial charge in [0, 0.05) is 5.69 Å². The second-order valence-corrected chi connectivity index (χ2v) is 5.35. The molecule has 0 heterocycles. The average Bonchev–Trinajstić information content (AvgIpc) is 2.54. The lowest BCUT2D eigenvalue weighted by molar-refractivity contribution is 0.242. The fourth-order valence-electron chi connectivity index (χ4n) is 1.95. The third-order valence-electron chi connectivity index (χ3n) is 2.97. The zero-order chi connectivity index (χ0) is 17.4. The molecule has 0 fully saturated rings. The van der Waals surface area contributed by atoms with Crippen LogP contribution < -0.4 is 20.1 Å². The van der Waals surface area contributed by atoms with Gasteiger partial charge in [-0.25, -0.2) is 9.18 Å². The van der Waals surface area contributed by atoms with Crippen LogP contribution in [-0.4, -0.2) is 25.3 Å². The highest BCUT2D eigenvalue weighted by molar-refractivity contribution is 5.89. The van der Waals surface area contributed by atoms with Crippen molar-refractivity contribution in [3.63, 3.8) is 0 Å². The Hall–Kier alpha value is -2.76. The molecule has 2 rings (SSSR count). The molecule has 0 aliphatic heterocycles. The quantitative estimate of drug-likeness (QED) is 0.758. The Balaban J connectivity index is 1.70. The highest BCUT2D eigenvalue weighted by atomic mass is 19.1. The van der Waals surface area contributed by atoms with Gasteiger partial charge in [-0.15, -0.1) is 0 Å². The van der Waals surface area contributed by atoms with E-state index < -0.39 is 5.82 Å². The summed E-state index contributed by atoms with van der Waals surface area (Å²) in [6.07, 6.45) is 0.0987. The largest absolute Gasteiger partial charge is 0.491 e. The molecule has 0 atom stereocenters. The van der Waals surface area contributed by atoms with Gasteiger partial charge >= 0.3 is 6.03 Å². The van der Waals surface area contributed by atoms with Gasteiger partial charge in [0.05, 0.1) is 12.6 Å². The van der Waals surface area contributed by atoms with Crippen molar-refractivity contribution in [2.24, 2.45) is 0 Å². The number of hydrogen-bond acceptors (Lipinski definition) is 3. The Morgan fingerprint density at radius 3 is 2.50 bits per heavy atom. The van der Waals surface area contributed by atoms with Gasteiger partial charge in [-0.1, -0.05) is 12.1 Å². The second-order valence-electron chi connectivity index (χ2n) is 5.35. The number of urea groups is 1. The normalized spacial score (nSPS) is 10.3. The summed E-state index contributed by atoms with van der Waals surface area (Å²) in [6.45, 7) is 4.33. The number of hydrogen-bond donors (Lipinski definition) is 2. The van der Waals surface area contributed by atoms with Crippen LogP contribution in [0, 0.1) is 5.82 Å². The zero-order valence-corrected chi connectivity index (χ0v) is 13.7. The first-order valence-corrected chi connectivity index (χ1v) is 7.73. The van der Waals surface area contributed by atoms with Crippen molar-refractivity contribution < 1.29 is 18.7 Å². The van der Waals surface area contributed by atoms with Crippen LogP contribution in [0.4, 0.5) is 14.9 Å². The minimum absolute atomic E-state index is 0.0987. The van der Waals surface area contributed by atoms with Gasteiger partial charge in [0.15, 0.2) is 11.6 Å². The maximum Gasteiger partial charge on any atom is 0.319 e. The first-order chi connectivity index (χ1) is 11.5. The number of carbonyl (C=O) groups is 1. The zero-order valence-electron chi connectivity index (χ0n) is 13.7. The molecule has 2 N–H and O–H groups in total. The van der Waals surface area contributed by atoms with Crippen molar-refractivity contribution in [1.29, 1.82) is 0 Å². The third kappa shape index (κ3) is 5.79. The van der Waals surface area contributed by atoms with Gasteiger partial charge in [0.1, 0.15) is 12.4 Å². The summed E-state index contributed by atoms with van der Waals surface area (Å²) in [7, 11) is 0. The highest BCUT2D eigenvalue weighted by Gasteiger charge is 2.04. The summed E-state index contributed by atoms with van der Waals surface area (Å²) in [5.74, 6) is 0.486. The van der Waals surface area contributed by atoms with Crippen molar-refractivity contribution in [2.45, 2.75) is 20.0 Å². The smallest absolute Gasteiger partial charge is 0.319 e. The number of carbonyl (C=O) groups excluding carboxylic acids is 1. The Kier molecular flexibility index (Phi) is 6.42. The number of rotatable bonds is 7. The van der Waals surface area contributed by atoms with E-state index in [1.165, 1.54) is 12.1 Å². The molecule has 2 aromatic carbocycles. The van der Waals surface area contributed by atoms with Gasteiger partial charge in [-0.05, 0) is 50.2 Å². The molecule has 5 nitrogen and oxygen atoms in total. The molecule has 0 aliphatic rings.